The topological polar surface area (TPSA) is 40.6 Å². The van der Waals surface area contributed by atoms with Gasteiger partial charge in [-0.2, -0.15) is 0 Å². The SMILES string of the molecule is Cc1ccc(S(=O)(=O)C(C)c2ccccc2N2CCN(c3ccc(Cl)cc3F)CC2)cc1. The molecule has 0 spiro atoms. The number of anilines is 2. The summed E-state index contributed by atoms with van der Waals surface area (Å²) in [5.41, 5.74) is 3.25. The number of para-hydroxylation sites is 1. The van der Waals surface area contributed by atoms with Crippen LogP contribution in [0.2, 0.25) is 5.02 Å². The van der Waals surface area contributed by atoms with E-state index in [9.17, 15) is 12.8 Å². The molecule has 0 N–H and O–H groups in total. The first-order valence-corrected chi connectivity index (χ1v) is 12.5. The largest absolute Gasteiger partial charge is 0.368 e. The standard InChI is InChI=1S/C25H26ClFN2O2S/c1-18-7-10-21(11-8-18)32(30,31)19(2)22-5-3-4-6-24(22)28-13-15-29(16-14-28)25-12-9-20(26)17-23(25)27/h3-12,17,19H,13-16H2,1-2H3. The van der Waals surface area contributed by atoms with Crippen molar-refractivity contribution in [3.63, 3.8) is 0 Å². The number of benzene rings is 3. The van der Waals surface area contributed by atoms with Crippen LogP contribution in [0.4, 0.5) is 15.8 Å². The number of nitrogens with zero attached hydrogens (tertiary/aromatic N) is 2. The van der Waals surface area contributed by atoms with Gasteiger partial charge in [0, 0.05) is 36.9 Å². The second-order valence-electron chi connectivity index (χ2n) is 8.13. The van der Waals surface area contributed by atoms with Gasteiger partial charge < -0.3 is 9.80 Å². The molecular weight excluding hydrogens is 447 g/mol. The van der Waals surface area contributed by atoms with Crippen molar-refractivity contribution < 1.29 is 12.8 Å². The Balaban J connectivity index is 1.56. The Labute approximate surface area is 194 Å². The summed E-state index contributed by atoms with van der Waals surface area (Å²) in [6, 6.07) is 19.4. The minimum absolute atomic E-state index is 0.327. The molecule has 3 aromatic rings. The smallest absolute Gasteiger partial charge is 0.185 e. The van der Waals surface area contributed by atoms with Crippen molar-refractivity contribution in [3.05, 3.63) is 88.7 Å². The van der Waals surface area contributed by atoms with Gasteiger partial charge >= 0.3 is 0 Å². The molecule has 1 saturated heterocycles. The summed E-state index contributed by atoms with van der Waals surface area (Å²) in [5, 5.41) is -0.310. The molecule has 0 aliphatic carbocycles. The lowest BCUT2D eigenvalue weighted by Crippen LogP contribution is -2.47. The Morgan fingerprint density at radius 1 is 0.875 bits per heavy atom. The van der Waals surface area contributed by atoms with E-state index in [0.29, 0.717) is 41.8 Å². The van der Waals surface area contributed by atoms with Crippen LogP contribution in [0.25, 0.3) is 0 Å². The van der Waals surface area contributed by atoms with Gasteiger partial charge in [-0.3, -0.25) is 0 Å². The van der Waals surface area contributed by atoms with E-state index in [-0.39, 0.29) is 5.82 Å². The molecule has 0 amide bonds. The van der Waals surface area contributed by atoms with Gasteiger partial charge in [0.25, 0.3) is 0 Å². The number of aryl methyl sites for hydroxylation is 1. The minimum atomic E-state index is -3.53. The summed E-state index contributed by atoms with van der Waals surface area (Å²) in [6.45, 7) is 6.27. The number of piperazine rings is 1. The van der Waals surface area contributed by atoms with Gasteiger partial charge in [-0.05, 0) is 55.8 Å². The second-order valence-corrected chi connectivity index (χ2v) is 10.8. The molecule has 1 heterocycles. The lowest BCUT2D eigenvalue weighted by atomic mass is 10.1. The van der Waals surface area contributed by atoms with E-state index in [2.05, 4.69) is 4.90 Å². The summed E-state index contributed by atoms with van der Waals surface area (Å²) < 4.78 is 40.9. The Kier molecular flexibility index (Phi) is 6.45. The summed E-state index contributed by atoms with van der Waals surface area (Å²) in [6.07, 6.45) is 0. The van der Waals surface area contributed by atoms with Crippen molar-refractivity contribution in [2.45, 2.75) is 24.0 Å². The Morgan fingerprint density at radius 2 is 1.47 bits per heavy atom. The predicted octanol–water partition coefficient (Wildman–Crippen LogP) is 5.65. The average Bonchev–Trinajstić information content (AvgIpc) is 2.79. The van der Waals surface area contributed by atoms with Crippen LogP contribution in [-0.2, 0) is 9.84 Å². The van der Waals surface area contributed by atoms with Crippen LogP contribution in [0.3, 0.4) is 0 Å². The Bertz CT molecular complexity index is 1210. The van der Waals surface area contributed by atoms with E-state index in [4.69, 9.17) is 11.6 Å². The van der Waals surface area contributed by atoms with Crippen LogP contribution in [0, 0.1) is 12.7 Å². The first kappa shape index (κ1) is 22.6. The Hall–Kier alpha value is -2.57. The van der Waals surface area contributed by atoms with E-state index in [1.54, 1.807) is 31.2 Å². The molecule has 1 aliphatic rings. The highest BCUT2D eigenvalue weighted by Gasteiger charge is 2.29. The molecule has 1 atom stereocenters. The first-order chi connectivity index (χ1) is 15.3. The van der Waals surface area contributed by atoms with E-state index in [1.165, 1.54) is 6.07 Å². The number of rotatable bonds is 5. The first-order valence-electron chi connectivity index (χ1n) is 10.6. The number of sulfone groups is 1. The second kappa shape index (κ2) is 9.12. The highest BCUT2D eigenvalue weighted by molar-refractivity contribution is 7.91. The molecule has 4 nitrogen and oxygen atoms in total. The summed E-state index contributed by atoms with van der Waals surface area (Å²) in [7, 11) is -3.53. The molecule has 7 heteroatoms. The third kappa shape index (κ3) is 4.48. The van der Waals surface area contributed by atoms with E-state index >= 15 is 0 Å². The lowest BCUT2D eigenvalue weighted by molar-refractivity contribution is 0.584. The third-order valence-corrected chi connectivity index (χ3v) is 8.41. The molecule has 0 saturated carbocycles. The molecular formula is C25H26ClFN2O2S. The van der Waals surface area contributed by atoms with Gasteiger partial charge in [0.2, 0.25) is 0 Å². The average molecular weight is 473 g/mol. The maximum atomic E-state index is 14.3. The zero-order valence-corrected chi connectivity index (χ0v) is 19.7. The van der Waals surface area contributed by atoms with E-state index in [0.717, 1.165) is 16.8 Å². The third-order valence-electron chi connectivity index (χ3n) is 6.06. The van der Waals surface area contributed by atoms with Crippen molar-refractivity contribution in [2.24, 2.45) is 0 Å². The number of halogens is 2. The normalized spacial score (nSPS) is 15.6. The summed E-state index contributed by atoms with van der Waals surface area (Å²) in [4.78, 5) is 4.51. The van der Waals surface area contributed by atoms with Crippen molar-refractivity contribution in [3.8, 4) is 0 Å². The fourth-order valence-corrected chi connectivity index (χ4v) is 5.76. The molecule has 0 aromatic heterocycles. The van der Waals surface area contributed by atoms with Crippen LogP contribution in [0.5, 0.6) is 0 Å². The quantitative estimate of drug-likeness (QED) is 0.481. The van der Waals surface area contributed by atoms with E-state index < -0.39 is 15.1 Å². The van der Waals surface area contributed by atoms with Gasteiger partial charge in [0.15, 0.2) is 9.84 Å². The van der Waals surface area contributed by atoms with Gasteiger partial charge in [-0.15, -0.1) is 0 Å². The van der Waals surface area contributed by atoms with Crippen LogP contribution in [-0.4, -0.2) is 34.6 Å². The lowest BCUT2D eigenvalue weighted by Gasteiger charge is -2.38. The van der Waals surface area contributed by atoms with Crippen LogP contribution in [0.1, 0.15) is 23.3 Å². The number of hydrogen-bond donors (Lipinski definition) is 0. The molecule has 4 rings (SSSR count). The van der Waals surface area contributed by atoms with Gasteiger partial charge in [-0.25, -0.2) is 12.8 Å². The van der Waals surface area contributed by atoms with Crippen molar-refractivity contribution in [1.82, 2.24) is 0 Å². The van der Waals surface area contributed by atoms with Crippen LogP contribution in [0.15, 0.2) is 71.6 Å². The molecule has 0 bridgehead atoms. The van der Waals surface area contributed by atoms with E-state index in [1.807, 2.05) is 48.2 Å². The van der Waals surface area contributed by atoms with Crippen LogP contribution < -0.4 is 9.80 Å². The van der Waals surface area contributed by atoms with Gasteiger partial charge in [-0.1, -0.05) is 47.5 Å². The monoisotopic (exact) mass is 472 g/mol. The van der Waals surface area contributed by atoms with Gasteiger partial charge in [0.1, 0.15) is 5.82 Å². The zero-order valence-electron chi connectivity index (χ0n) is 18.1. The molecule has 168 valence electrons. The van der Waals surface area contributed by atoms with Crippen molar-refractivity contribution in [2.75, 3.05) is 36.0 Å². The molecule has 1 unspecified atom stereocenters. The summed E-state index contributed by atoms with van der Waals surface area (Å²) >= 11 is 5.88. The zero-order chi connectivity index (χ0) is 22.9. The maximum Gasteiger partial charge on any atom is 0.185 e. The highest BCUT2D eigenvalue weighted by Crippen LogP contribution is 2.35. The van der Waals surface area contributed by atoms with Gasteiger partial charge in [0.05, 0.1) is 15.8 Å². The van der Waals surface area contributed by atoms with Crippen LogP contribution >= 0.6 is 11.6 Å². The molecule has 3 aromatic carbocycles. The van der Waals surface area contributed by atoms with Crippen molar-refractivity contribution in [1.29, 1.82) is 0 Å². The highest BCUT2D eigenvalue weighted by atomic mass is 35.5. The fraction of sp³-hybridized carbons (Fsp3) is 0.280. The number of hydrogen-bond acceptors (Lipinski definition) is 4. The summed E-state index contributed by atoms with van der Waals surface area (Å²) in [5.74, 6) is -0.329. The molecule has 32 heavy (non-hydrogen) atoms. The van der Waals surface area contributed by atoms with Crippen molar-refractivity contribution >= 4 is 32.8 Å². The minimum Gasteiger partial charge on any atom is -0.368 e. The maximum absolute atomic E-state index is 14.3. The molecule has 1 aliphatic heterocycles. The molecule has 0 radical (unpaired) electrons. The molecule has 1 fully saturated rings. The Morgan fingerprint density at radius 3 is 2.09 bits per heavy atom. The predicted molar refractivity (Wildman–Crippen MR) is 129 cm³/mol. The fourth-order valence-electron chi connectivity index (χ4n) is 4.14.